The highest BCUT2D eigenvalue weighted by molar-refractivity contribution is 5.83. The first kappa shape index (κ1) is 14.7. The summed E-state index contributed by atoms with van der Waals surface area (Å²) in [6.07, 6.45) is 3.06. The molecule has 0 radical (unpaired) electrons. The van der Waals surface area contributed by atoms with Gasteiger partial charge in [0.05, 0.1) is 0 Å². The second kappa shape index (κ2) is 5.14. The summed E-state index contributed by atoms with van der Waals surface area (Å²) < 4.78 is 0. The molecule has 0 aliphatic heterocycles. The van der Waals surface area contributed by atoms with Crippen molar-refractivity contribution in [2.75, 3.05) is 0 Å². The van der Waals surface area contributed by atoms with Crippen molar-refractivity contribution in [2.24, 2.45) is 16.7 Å². The molecular weight excluding hydrogens is 184 g/mol. The molecule has 1 heteroatoms. The molecule has 0 spiro atoms. The summed E-state index contributed by atoms with van der Waals surface area (Å²) in [5, 5.41) is 0. The summed E-state index contributed by atoms with van der Waals surface area (Å²) in [6, 6.07) is 0. The Bertz CT molecular complexity index is 202. The SMILES string of the molecule is CCC[C@H](CC(=O)C(C)(C)C)C(C)(C)C. The fraction of sp³-hybridized carbons (Fsp3) is 0.929. The number of ketones is 1. The van der Waals surface area contributed by atoms with Crippen LogP contribution < -0.4 is 0 Å². The molecule has 0 aliphatic carbocycles. The van der Waals surface area contributed by atoms with Crippen LogP contribution in [0, 0.1) is 16.7 Å². The third-order valence-electron chi connectivity index (χ3n) is 3.13. The van der Waals surface area contributed by atoms with Crippen molar-refractivity contribution in [1.82, 2.24) is 0 Å². The lowest BCUT2D eigenvalue weighted by atomic mass is 9.72. The maximum absolute atomic E-state index is 12.0. The molecule has 0 aromatic carbocycles. The smallest absolute Gasteiger partial charge is 0.138 e. The Kier molecular flexibility index (Phi) is 5.02. The van der Waals surface area contributed by atoms with Gasteiger partial charge in [-0.3, -0.25) is 4.79 Å². The van der Waals surface area contributed by atoms with Gasteiger partial charge in [-0.25, -0.2) is 0 Å². The zero-order chi connectivity index (χ0) is 12.3. The van der Waals surface area contributed by atoms with E-state index in [0.717, 1.165) is 12.8 Å². The van der Waals surface area contributed by atoms with Crippen LogP contribution in [0.25, 0.3) is 0 Å². The van der Waals surface area contributed by atoms with E-state index in [4.69, 9.17) is 0 Å². The van der Waals surface area contributed by atoms with Gasteiger partial charge in [-0.2, -0.15) is 0 Å². The maximum atomic E-state index is 12.0. The second-order valence-electron chi connectivity index (χ2n) is 6.73. The Morgan fingerprint density at radius 3 is 1.80 bits per heavy atom. The average molecular weight is 212 g/mol. The van der Waals surface area contributed by atoms with Gasteiger partial charge in [-0.1, -0.05) is 54.9 Å². The molecule has 0 heterocycles. The van der Waals surface area contributed by atoms with Crippen LogP contribution in [0.2, 0.25) is 0 Å². The molecular formula is C14H28O. The minimum atomic E-state index is -0.183. The highest BCUT2D eigenvalue weighted by atomic mass is 16.1. The van der Waals surface area contributed by atoms with E-state index < -0.39 is 0 Å². The molecule has 1 nitrogen and oxygen atoms in total. The first-order valence-electron chi connectivity index (χ1n) is 6.12. The lowest BCUT2D eigenvalue weighted by Crippen LogP contribution is -2.29. The predicted molar refractivity (Wildman–Crippen MR) is 66.9 cm³/mol. The molecule has 0 N–H and O–H groups in total. The molecule has 0 rings (SSSR count). The topological polar surface area (TPSA) is 17.1 Å². The molecule has 0 bridgehead atoms. The largest absolute Gasteiger partial charge is 0.299 e. The lowest BCUT2D eigenvalue weighted by molar-refractivity contribution is -0.128. The average Bonchev–Trinajstić information content (AvgIpc) is 1.99. The number of rotatable bonds is 4. The minimum Gasteiger partial charge on any atom is -0.299 e. The minimum absolute atomic E-state index is 0.183. The zero-order valence-electron chi connectivity index (χ0n) is 11.6. The van der Waals surface area contributed by atoms with Crippen molar-refractivity contribution in [3.63, 3.8) is 0 Å². The molecule has 15 heavy (non-hydrogen) atoms. The number of carbonyl (C=O) groups excluding carboxylic acids is 1. The van der Waals surface area contributed by atoms with Gasteiger partial charge in [0, 0.05) is 11.8 Å². The van der Waals surface area contributed by atoms with Gasteiger partial charge in [-0.05, 0) is 17.8 Å². The van der Waals surface area contributed by atoms with Gasteiger partial charge in [-0.15, -0.1) is 0 Å². The van der Waals surface area contributed by atoms with Gasteiger partial charge >= 0.3 is 0 Å². The molecule has 0 aromatic rings. The van der Waals surface area contributed by atoms with Crippen LogP contribution in [-0.2, 0) is 4.79 Å². The summed E-state index contributed by atoms with van der Waals surface area (Å²) in [7, 11) is 0. The molecule has 0 amide bonds. The van der Waals surface area contributed by atoms with Crippen molar-refractivity contribution >= 4 is 5.78 Å². The van der Waals surface area contributed by atoms with E-state index >= 15 is 0 Å². The van der Waals surface area contributed by atoms with E-state index in [-0.39, 0.29) is 10.8 Å². The summed E-state index contributed by atoms with van der Waals surface area (Å²) in [4.78, 5) is 12.0. The zero-order valence-corrected chi connectivity index (χ0v) is 11.6. The van der Waals surface area contributed by atoms with Crippen LogP contribution in [0.15, 0.2) is 0 Å². The van der Waals surface area contributed by atoms with Crippen LogP contribution in [0.4, 0.5) is 0 Å². The van der Waals surface area contributed by atoms with Gasteiger partial charge in [0.1, 0.15) is 5.78 Å². The maximum Gasteiger partial charge on any atom is 0.138 e. The van der Waals surface area contributed by atoms with Crippen molar-refractivity contribution in [3.8, 4) is 0 Å². The first-order chi connectivity index (χ1) is 6.59. The number of carbonyl (C=O) groups is 1. The molecule has 1 atom stereocenters. The number of hydrogen-bond donors (Lipinski definition) is 0. The van der Waals surface area contributed by atoms with Crippen LogP contribution >= 0.6 is 0 Å². The highest BCUT2D eigenvalue weighted by Gasteiger charge is 2.30. The Morgan fingerprint density at radius 2 is 1.53 bits per heavy atom. The van der Waals surface area contributed by atoms with E-state index in [9.17, 15) is 4.79 Å². The van der Waals surface area contributed by atoms with Crippen molar-refractivity contribution in [2.45, 2.75) is 67.7 Å². The third kappa shape index (κ3) is 5.34. The van der Waals surface area contributed by atoms with Crippen molar-refractivity contribution in [1.29, 1.82) is 0 Å². The summed E-state index contributed by atoms with van der Waals surface area (Å²) in [5.41, 5.74) is 0.0637. The summed E-state index contributed by atoms with van der Waals surface area (Å²) in [5.74, 6) is 0.921. The standard InChI is InChI=1S/C14H28O/c1-8-9-11(13(2,3)4)10-12(15)14(5,6)7/h11H,8-10H2,1-7H3/t11-/m1/s1. The first-order valence-corrected chi connectivity index (χ1v) is 6.12. The van der Waals surface area contributed by atoms with Gasteiger partial charge in [0.25, 0.3) is 0 Å². The van der Waals surface area contributed by atoms with Crippen LogP contribution in [-0.4, -0.2) is 5.78 Å². The Balaban J connectivity index is 4.50. The number of hydrogen-bond acceptors (Lipinski definition) is 1. The normalized spacial score (nSPS) is 15.1. The van der Waals surface area contributed by atoms with E-state index in [0.29, 0.717) is 11.7 Å². The number of Topliss-reactive ketones (excluding diaryl/α,β-unsaturated/α-hetero) is 1. The Morgan fingerprint density at radius 1 is 1.07 bits per heavy atom. The molecule has 0 saturated carbocycles. The second-order valence-corrected chi connectivity index (χ2v) is 6.73. The highest BCUT2D eigenvalue weighted by Crippen LogP contribution is 2.34. The molecule has 0 unspecified atom stereocenters. The molecule has 90 valence electrons. The fourth-order valence-corrected chi connectivity index (χ4v) is 1.72. The van der Waals surface area contributed by atoms with Gasteiger partial charge < -0.3 is 0 Å². The monoisotopic (exact) mass is 212 g/mol. The molecule has 0 saturated heterocycles. The molecule has 0 aromatic heterocycles. The van der Waals surface area contributed by atoms with Crippen LogP contribution in [0.5, 0.6) is 0 Å². The van der Waals surface area contributed by atoms with Gasteiger partial charge in [0.15, 0.2) is 0 Å². The third-order valence-corrected chi connectivity index (χ3v) is 3.13. The summed E-state index contributed by atoms with van der Waals surface area (Å²) in [6.45, 7) is 15.0. The Hall–Kier alpha value is -0.330. The fourth-order valence-electron chi connectivity index (χ4n) is 1.72. The van der Waals surface area contributed by atoms with E-state index in [1.165, 1.54) is 6.42 Å². The quantitative estimate of drug-likeness (QED) is 0.672. The van der Waals surface area contributed by atoms with Crippen molar-refractivity contribution in [3.05, 3.63) is 0 Å². The van der Waals surface area contributed by atoms with E-state index in [1.807, 2.05) is 20.8 Å². The predicted octanol–water partition coefficient (Wildman–Crippen LogP) is 4.45. The van der Waals surface area contributed by atoms with Crippen LogP contribution in [0.1, 0.15) is 67.7 Å². The van der Waals surface area contributed by atoms with E-state index in [2.05, 4.69) is 27.7 Å². The molecule has 0 fully saturated rings. The van der Waals surface area contributed by atoms with Gasteiger partial charge in [0.2, 0.25) is 0 Å². The lowest BCUT2D eigenvalue weighted by Gasteiger charge is -2.32. The van der Waals surface area contributed by atoms with Crippen molar-refractivity contribution < 1.29 is 4.79 Å². The summed E-state index contributed by atoms with van der Waals surface area (Å²) >= 11 is 0. The van der Waals surface area contributed by atoms with E-state index in [1.54, 1.807) is 0 Å². The van der Waals surface area contributed by atoms with Crippen LogP contribution in [0.3, 0.4) is 0 Å². The Labute approximate surface area is 95.6 Å². The molecule has 0 aliphatic rings.